The zero-order valence-corrected chi connectivity index (χ0v) is 13.8. The number of aromatic nitrogens is 2. The minimum atomic E-state index is -0.875. The van der Waals surface area contributed by atoms with Crippen molar-refractivity contribution in [2.45, 2.75) is 6.54 Å². The molecule has 4 aromatic rings. The van der Waals surface area contributed by atoms with Crippen LogP contribution in [0, 0.1) is 23.3 Å². The topological polar surface area (TPSA) is 38.1 Å². The van der Waals surface area contributed by atoms with Gasteiger partial charge in [0.25, 0.3) is 0 Å². The van der Waals surface area contributed by atoms with Gasteiger partial charge in [-0.2, -0.15) is 0 Å². The van der Waals surface area contributed by atoms with E-state index in [2.05, 4.69) is 4.98 Å². The molecular formula is C20H12F4N2O. The van der Waals surface area contributed by atoms with Crippen molar-refractivity contribution >= 4 is 11.0 Å². The average molecular weight is 372 g/mol. The fourth-order valence-electron chi connectivity index (χ4n) is 3.04. The Morgan fingerprint density at radius 1 is 0.778 bits per heavy atom. The molecule has 0 radical (unpaired) electrons. The number of benzene rings is 3. The second kappa shape index (κ2) is 6.42. The number of phenols is 1. The highest BCUT2D eigenvalue weighted by Crippen LogP contribution is 2.33. The van der Waals surface area contributed by atoms with Crippen LogP contribution in [0.2, 0.25) is 0 Å². The van der Waals surface area contributed by atoms with Gasteiger partial charge in [0.2, 0.25) is 0 Å². The Morgan fingerprint density at radius 3 is 1.96 bits per heavy atom. The summed E-state index contributed by atoms with van der Waals surface area (Å²) in [5, 5.41) is 10.1. The lowest BCUT2D eigenvalue weighted by Crippen LogP contribution is -2.08. The molecule has 0 aliphatic heterocycles. The van der Waals surface area contributed by atoms with E-state index in [0.717, 1.165) is 24.3 Å². The largest absolute Gasteiger partial charge is 0.506 e. The number of rotatable bonds is 3. The summed E-state index contributed by atoms with van der Waals surface area (Å²) in [5.74, 6) is -3.72. The summed E-state index contributed by atoms with van der Waals surface area (Å²) in [6.45, 7) is -0.360. The van der Waals surface area contributed by atoms with E-state index < -0.39 is 28.8 Å². The number of para-hydroxylation sites is 1. The summed E-state index contributed by atoms with van der Waals surface area (Å²) in [5.41, 5.74) is -0.356. The van der Waals surface area contributed by atoms with Crippen molar-refractivity contribution < 1.29 is 22.7 Å². The molecule has 0 aliphatic rings. The molecule has 0 aliphatic carbocycles. The van der Waals surface area contributed by atoms with Crippen LogP contribution in [0.4, 0.5) is 17.6 Å². The van der Waals surface area contributed by atoms with Gasteiger partial charge < -0.3 is 9.67 Å². The highest BCUT2D eigenvalue weighted by molar-refractivity contribution is 5.86. The Balaban J connectivity index is 2.03. The molecule has 0 unspecified atom stereocenters. The fraction of sp³-hybridized carbons (Fsp3) is 0.0500. The molecule has 27 heavy (non-hydrogen) atoms. The first-order valence-corrected chi connectivity index (χ1v) is 8.03. The number of fused-ring (bicyclic) bond motifs is 1. The maximum absolute atomic E-state index is 14.3. The Morgan fingerprint density at radius 2 is 1.33 bits per heavy atom. The molecule has 1 heterocycles. The predicted molar refractivity (Wildman–Crippen MR) is 92.2 cm³/mol. The van der Waals surface area contributed by atoms with Gasteiger partial charge in [-0.05, 0) is 36.4 Å². The van der Waals surface area contributed by atoms with Crippen molar-refractivity contribution in [3.63, 3.8) is 0 Å². The monoisotopic (exact) mass is 372 g/mol. The fourth-order valence-corrected chi connectivity index (χ4v) is 3.04. The molecular weight excluding hydrogens is 360 g/mol. The molecule has 0 bridgehead atoms. The first-order valence-electron chi connectivity index (χ1n) is 8.03. The number of imidazole rings is 1. The minimum absolute atomic E-state index is 0.0758. The van der Waals surface area contributed by atoms with E-state index in [-0.39, 0.29) is 34.7 Å². The Hall–Kier alpha value is -3.35. The Labute approximate surface area is 151 Å². The molecule has 0 fully saturated rings. The lowest BCUT2D eigenvalue weighted by atomic mass is 10.1. The van der Waals surface area contributed by atoms with Gasteiger partial charge in [-0.25, -0.2) is 22.5 Å². The van der Waals surface area contributed by atoms with Crippen LogP contribution in [-0.2, 0) is 6.54 Å². The second-order valence-electron chi connectivity index (χ2n) is 5.96. The van der Waals surface area contributed by atoms with E-state index in [9.17, 15) is 22.7 Å². The summed E-state index contributed by atoms with van der Waals surface area (Å²) in [4.78, 5) is 4.15. The third-order valence-corrected chi connectivity index (χ3v) is 4.32. The summed E-state index contributed by atoms with van der Waals surface area (Å²) in [6, 6.07) is 11.2. The molecule has 0 spiro atoms. The molecule has 0 atom stereocenters. The quantitative estimate of drug-likeness (QED) is 0.513. The zero-order valence-electron chi connectivity index (χ0n) is 13.8. The van der Waals surface area contributed by atoms with Gasteiger partial charge in [0.15, 0.2) is 0 Å². The normalized spacial score (nSPS) is 11.3. The molecule has 1 N–H and O–H groups in total. The van der Waals surface area contributed by atoms with Crippen molar-refractivity contribution in [2.24, 2.45) is 0 Å². The van der Waals surface area contributed by atoms with Gasteiger partial charge >= 0.3 is 0 Å². The SMILES string of the molecule is Oc1cccc2c1nc(-c1c(F)cccc1F)n2Cc1c(F)cccc1F. The van der Waals surface area contributed by atoms with Gasteiger partial charge in [-0.15, -0.1) is 0 Å². The third kappa shape index (κ3) is 2.81. The Kier molecular flexibility index (Phi) is 4.07. The van der Waals surface area contributed by atoms with Crippen molar-refractivity contribution in [1.82, 2.24) is 9.55 Å². The Bertz CT molecular complexity index is 1130. The van der Waals surface area contributed by atoms with E-state index in [4.69, 9.17) is 0 Å². The van der Waals surface area contributed by atoms with Crippen molar-refractivity contribution in [2.75, 3.05) is 0 Å². The highest BCUT2D eigenvalue weighted by atomic mass is 19.1. The molecule has 0 saturated heterocycles. The van der Waals surface area contributed by atoms with Crippen LogP contribution in [0.5, 0.6) is 5.75 Å². The van der Waals surface area contributed by atoms with Gasteiger partial charge in [-0.1, -0.05) is 18.2 Å². The van der Waals surface area contributed by atoms with Crippen LogP contribution in [0.25, 0.3) is 22.4 Å². The molecule has 136 valence electrons. The summed E-state index contributed by atoms with van der Waals surface area (Å²) in [6.07, 6.45) is 0. The highest BCUT2D eigenvalue weighted by Gasteiger charge is 2.22. The van der Waals surface area contributed by atoms with Crippen molar-refractivity contribution in [3.05, 3.63) is 83.4 Å². The summed E-state index contributed by atoms with van der Waals surface area (Å²) < 4.78 is 58.2. The molecule has 4 rings (SSSR count). The van der Waals surface area contributed by atoms with Gasteiger partial charge in [0.1, 0.15) is 40.4 Å². The van der Waals surface area contributed by atoms with Crippen LogP contribution >= 0.6 is 0 Å². The maximum atomic E-state index is 14.3. The van der Waals surface area contributed by atoms with Gasteiger partial charge in [0.05, 0.1) is 17.6 Å². The van der Waals surface area contributed by atoms with Crippen LogP contribution in [0.1, 0.15) is 5.56 Å². The number of halogens is 4. The first kappa shape index (κ1) is 17.1. The standard InChI is InChI=1S/C20H12F4N2O/c21-12-4-1-5-13(22)11(12)10-26-16-8-3-9-17(27)19(16)25-20(26)18-14(23)6-2-7-15(18)24/h1-9,27H,10H2. The molecule has 3 aromatic carbocycles. The average Bonchev–Trinajstić information content (AvgIpc) is 2.98. The molecule has 3 nitrogen and oxygen atoms in total. The van der Waals surface area contributed by atoms with Crippen LogP contribution < -0.4 is 0 Å². The van der Waals surface area contributed by atoms with Gasteiger partial charge in [0, 0.05) is 5.56 Å². The van der Waals surface area contributed by atoms with E-state index in [1.54, 1.807) is 6.07 Å². The molecule has 1 aromatic heterocycles. The summed E-state index contributed by atoms with van der Waals surface area (Å²) >= 11 is 0. The maximum Gasteiger partial charge on any atom is 0.147 e. The van der Waals surface area contributed by atoms with E-state index in [1.165, 1.54) is 28.8 Å². The zero-order chi connectivity index (χ0) is 19.1. The second-order valence-corrected chi connectivity index (χ2v) is 5.96. The number of phenolic OH excluding ortho intramolecular Hbond substituents is 1. The van der Waals surface area contributed by atoms with Crippen molar-refractivity contribution in [3.8, 4) is 17.1 Å². The third-order valence-electron chi connectivity index (χ3n) is 4.32. The molecule has 0 amide bonds. The summed E-state index contributed by atoms with van der Waals surface area (Å²) in [7, 11) is 0. The smallest absolute Gasteiger partial charge is 0.147 e. The lowest BCUT2D eigenvalue weighted by Gasteiger charge is -2.12. The van der Waals surface area contributed by atoms with Crippen LogP contribution in [0.3, 0.4) is 0 Å². The minimum Gasteiger partial charge on any atom is -0.506 e. The van der Waals surface area contributed by atoms with Crippen LogP contribution in [-0.4, -0.2) is 14.7 Å². The number of hydrogen-bond donors (Lipinski definition) is 1. The number of hydrogen-bond acceptors (Lipinski definition) is 2. The van der Waals surface area contributed by atoms with E-state index >= 15 is 0 Å². The van der Waals surface area contributed by atoms with Gasteiger partial charge in [-0.3, -0.25) is 0 Å². The number of aromatic hydroxyl groups is 1. The molecule has 7 heteroatoms. The molecule has 0 saturated carbocycles. The van der Waals surface area contributed by atoms with E-state index in [0.29, 0.717) is 0 Å². The van der Waals surface area contributed by atoms with Crippen molar-refractivity contribution in [1.29, 1.82) is 0 Å². The lowest BCUT2D eigenvalue weighted by molar-refractivity contribution is 0.480. The van der Waals surface area contributed by atoms with E-state index in [1.807, 2.05) is 0 Å². The number of nitrogens with zero attached hydrogens (tertiary/aromatic N) is 2. The first-order chi connectivity index (χ1) is 13.0. The van der Waals surface area contributed by atoms with Crippen LogP contribution in [0.15, 0.2) is 54.6 Å². The predicted octanol–water partition coefficient (Wildman–Crippen LogP) is 5.01.